The van der Waals surface area contributed by atoms with Gasteiger partial charge in [0.15, 0.2) is 0 Å². The summed E-state index contributed by atoms with van der Waals surface area (Å²) in [5, 5.41) is 38.6. The van der Waals surface area contributed by atoms with Gasteiger partial charge < -0.3 is 51.1 Å². The number of anilines is 3. The predicted octanol–water partition coefficient (Wildman–Crippen LogP) is 9.86. The van der Waals surface area contributed by atoms with E-state index >= 15 is 0 Å². The minimum Gasteiger partial charge on any atom is -0.330 e. The molecule has 14 rings (SSSR count). The van der Waals surface area contributed by atoms with Crippen LogP contribution in [-0.4, -0.2) is 176 Å². The van der Waals surface area contributed by atoms with E-state index in [-0.39, 0.29) is 116 Å². The number of hydrogen-bond donors (Lipinski definition) is 4. The number of hydrogen-bond acceptors (Lipinski definition) is 15. The molecule has 9 amide bonds. The molecule has 5 aromatic rings. The predicted molar refractivity (Wildman–Crippen MR) is 424 cm³/mol. The average molecular weight is 1530 g/mol. The Bertz CT molecular complexity index is 4470. The van der Waals surface area contributed by atoms with Gasteiger partial charge in [0.05, 0.1) is 40.5 Å². The van der Waals surface area contributed by atoms with Crippen molar-refractivity contribution in [1.29, 1.82) is 15.8 Å². The summed E-state index contributed by atoms with van der Waals surface area (Å²) < 4.78 is 0. The van der Waals surface area contributed by atoms with Gasteiger partial charge in [0.2, 0.25) is 53.2 Å². The van der Waals surface area contributed by atoms with Crippen LogP contribution in [-0.2, 0) is 81.8 Å². The van der Waals surface area contributed by atoms with Crippen LogP contribution in [0.2, 0.25) is 0 Å². The van der Waals surface area contributed by atoms with Gasteiger partial charge in [-0.3, -0.25) is 52.7 Å². The third-order valence-corrected chi connectivity index (χ3v) is 25.0. The van der Waals surface area contributed by atoms with Gasteiger partial charge in [-0.2, -0.15) is 15.8 Å². The number of rotatable bonds is 16. The number of nitrogens with one attached hydrogen (secondary N) is 3. The number of nitrogens with zero attached hydrogens (tertiary/aromatic N) is 9. The van der Waals surface area contributed by atoms with Crippen molar-refractivity contribution in [3.8, 4) is 18.2 Å². The van der Waals surface area contributed by atoms with Gasteiger partial charge in [0.25, 0.3) is 0 Å². The number of likely N-dealkylation sites (tertiary alicyclic amines) is 6. The summed E-state index contributed by atoms with van der Waals surface area (Å²) in [5.74, 6) is -3.12. The van der Waals surface area contributed by atoms with Crippen molar-refractivity contribution in [3.63, 3.8) is 0 Å². The van der Waals surface area contributed by atoms with Crippen LogP contribution in [0, 0.1) is 62.1 Å². The van der Waals surface area contributed by atoms with Crippen molar-refractivity contribution in [1.82, 2.24) is 29.4 Å². The van der Waals surface area contributed by atoms with E-state index in [0.717, 1.165) is 33.5 Å². The molecule has 24 nitrogen and oxygen atoms in total. The molecule has 9 aliphatic heterocycles. The second-order valence-corrected chi connectivity index (χ2v) is 35.4. The Hall–Kier alpha value is -10.9. The maximum Gasteiger partial charge on any atom is 0.246 e. The van der Waals surface area contributed by atoms with E-state index in [9.17, 15) is 68.5 Å². The number of amides is 9. The first kappa shape index (κ1) is 81.6. The second kappa shape index (κ2) is 32.7. The molecule has 3 spiro atoms. The lowest BCUT2D eigenvalue weighted by Gasteiger charge is -2.36. The molecule has 0 aromatic heterocycles. The van der Waals surface area contributed by atoms with Gasteiger partial charge in [-0.1, -0.05) is 178 Å². The highest BCUT2D eigenvalue weighted by Gasteiger charge is 2.61. The number of para-hydroxylation sites is 3. The summed E-state index contributed by atoms with van der Waals surface area (Å²) in [6.45, 7) is 19.1. The monoisotopic (exact) mass is 1530 g/mol. The van der Waals surface area contributed by atoms with Crippen LogP contribution in [0.1, 0.15) is 174 Å². The molecule has 113 heavy (non-hydrogen) atoms. The van der Waals surface area contributed by atoms with Crippen LogP contribution < -0.4 is 21.7 Å². The molecule has 5 aromatic carbocycles. The Morgan fingerprint density at radius 2 is 0.699 bits per heavy atom. The molecule has 5 N–H and O–H groups in total. The quantitative estimate of drug-likeness (QED) is 0.0714. The maximum atomic E-state index is 14.0. The standard InChI is InChI=1S/2C33H38N4O4.C23H29N5O3/c2*1-32(2,3)26(18-24(38)16-15-22-10-5-4-6-11-22)29(39)36-17-9-14-28(36)30(40)37-21-33(19-23(37)20-34)25-12-7-8-13-27(25)35-31(33)41;1-22(2,3)18(25)20(30)27-10-6-9-17(27)19(29)28-13-23(11-14(28)12-24)15-7-4-5-8-16(15)26-21(23)31/h2*4-8,10-13,23,26,28H,9,14-19,21H2,1-3H3,(H,35,41);4-5,7-8,14,17-18H,6,9-11,13,25H2,1-3H3,(H,26,31)/t2*23-,26?,28-,33-;14-,17-,18?,23-/m000/s1. The molecular formula is C89H105N13O11. The maximum absolute atomic E-state index is 14.0. The first-order chi connectivity index (χ1) is 53.7. The third kappa shape index (κ3) is 16.1. The minimum atomic E-state index is -0.973. The molecule has 592 valence electrons. The Kier molecular flexibility index (Phi) is 23.6. The van der Waals surface area contributed by atoms with Gasteiger partial charge in [0, 0.05) is 113 Å². The highest BCUT2D eigenvalue weighted by Crippen LogP contribution is 2.51. The summed E-state index contributed by atoms with van der Waals surface area (Å²) in [6, 6.07) is 43.5. The van der Waals surface area contributed by atoms with E-state index in [2.05, 4.69) is 34.2 Å². The van der Waals surface area contributed by atoms with Gasteiger partial charge in [-0.25, -0.2) is 0 Å². The largest absolute Gasteiger partial charge is 0.330 e. The van der Waals surface area contributed by atoms with Crippen molar-refractivity contribution in [3.05, 3.63) is 161 Å². The zero-order valence-electron chi connectivity index (χ0n) is 66.3. The minimum absolute atomic E-state index is 0.0288. The number of aryl methyl sites for hydroxylation is 2. The summed E-state index contributed by atoms with van der Waals surface area (Å²) in [4.78, 5) is 157. The first-order valence-electron chi connectivity index (χ1n) is 39.8. The number of nitrogens with two attached hydrogens (primary N) is 1. The number of nitriles is 3. The van der Waals surface area contributed by atoms with Gasteiger partial charge >= 0.3 is 0 Å². The van der Waals surface area contributed by atoms with Crippen LogP contribution in [0.3, 0.4) is 0 Å². The molecule has 12 atom stereocenters. The molecule has 0 aliphatic carbocycles. The highest BCUT2D eigenvalue weighted by atomic mass is 16.2. The number of Topliss-reactive ketones (excluding diaryl/α,β-unsaturated/α-hetero) is 2. The van der Waals surface area contributed by atoms with Crippen molar-refractivity contribution >= 4 is 81.8 Å². The van der Waals surface area contributed by atoms with Crippen molar-refractivity contribution < 1.29 is 52.7 Å². The number of fused-ring (bicyclic) bond motifs is 6. The van der Waals surface area contributed by atoms with Crippen LogP contribution in [0.25, 0.3) is 0 Å². The van der Waals surface area contributed by atoms with Crippen molar-refractivity contribution in [2.45, 2.75) is 217 Å². The summed E-state index contributed by atoms with van der Waals surface area (Å²) in [7, 11) is 0. The number of benzene rings is 5. The number of carbonyl (C=O) groups excluding carboxylic acids is 11. The van der Waals surface area contributed by atoms with Gasteiger partial charge in [-0.05, 0) is 114 Å². The van der Waals surface area contributed by atoms with Crippen LogP contribution >= 0.6 is 0 Å². The fourth-order valence-corrected chi connectivity index (χ4v) is 18.4. The van der Waals surface area contributed by atoms with Crippen molar-refractivity contribution in [2.24, 2.45) is 33.8 Å². The van der Waals surface area contributed by atoms with E-state index in [1.165, 1.54) is 14.7 Å². The summed E-state index contributed by atoms with van der Waals surface area (Å²) >= 11 is 0. The smallest absolute Gasteiger partial charge is 0.246 e. The summed E-state index contributed by atoms with van der Waals surface area (Å²) in [5.41, 5.74) is 8.69. The molecule has 6 saturated heterocycles. The van der Waals surface area contributed by atoms with Crippen molar-refractivity contribution in [2.75, 3.05) is 55.2 Å². The second-order valence-electron chi connectivity index (χ2n) is 35.4. The summed E-state index contributed by atoms with van der Waals surface area (Å²) in [6.07, 6.45) is 6.46. The molecule has 24 heteroatoms. The topological polar surface area (TPSA) is 341 Å². The molecule has 6 fully saturated rings. The Morgan fingerprint density at radius 3 is 0.982 bits per heavy atom. The first-order valence-corrected chi connectivity index (χ1v) is 39.8. The normalized spacial score (nSPS) is 25.4. The molecule has 0 radical (unpaired) electrons. The molecular weight excluding hydrogens is 1430 g/mol. The van der Waals surface area contributed by atoms with Gasteiger partial charge in [-0.15, -0.1) is 0 Å². The zero-order valence-corrected chi connectivity index (χ0v) is 66.3. The Balaban J connectivity index is 0.000000159. The lowest BCUT2D eigenvalue weighted by atomic mass is 9.76. The van der Waals surface area contributed by atoms with E-state index in [4.69, 9.17) is 5.73 Å². The average Bonchev–Trinajstić information content (AvgIpc) is 1.58. The zero-order chi connectivity index (χ0) is 81.3. The SMILES string of the molecule is CC(C)(C)C(CC(=O)CCc1ccccc1)C(=O)N1CCC[C@H]1C(=O)N1C[C@]2(C[C@H]1C#N)C(=O)Nc1ccccc12.CC(C)(C)C(CC(=O)CCc1ccccc1)C(=O)N1CCC[C@H]1C(=O)N1C[C@]2(C[C@H]1C#N)C(=O)Nc1ccccc12.CC(C)(C)C(N)C(=O)N1CCC[C@H]1C(=O)N1C[C@]2(C[C@H]1C#N)C(=O)Nc1ccccc12. The lowest BCUT2D eigenvalue weighted by molar-refractivity contribution is -0.149. The van der Waals surface area contributed by atoms with E-state index < -0.39 is 86.6 Å². The van der Waals surface area contributed by atoms with E-state index in [0.29, 0.717) is 95.2 Å². The van der Waals surface area contributed by atoms with E-state index in [1.807, 2.05) is 196 Å². The van der Waals surface area contributed by atoms with E-state index in [1.54, 1.807) is 14.7 Å². The molecule has 0 bridgehead atoms. The third-order valence-electron chi connectivity index (χ3n) is 25.0. The molecule has 9 heterocycles. The van der Waals surface area contributed by atoms with Crippen LogP contribution in [0.5, 0.6) is 0 Å². The molecule has 0 saturated carbocycles. The fraction of sp³-hybridized carbons (Fsp3) is 0.506. The highest BCUT2D eigenvalue weighted by molar-refractivity contribution is 6.10. The fourth-order valence-electron chi connectivity index (χ4n) is 18.4. The molecule has 9 aliphatic rings. The molecule has 3 unspecified atom stereocenters. The Labute approximate surface area is 662 Å². The Morgan fingerprint density at radius 1 is 0.416 bits per heavy atom. The van der Waals surface area contributed by atoms with Crippen LogP contribution in [0.15, 0.2) is 133 Å². The number of ketones is 2. The lowest BCUT2D eigenvalue weighted by Crippen LogP contribution is -2.56. The number of carbonyl (C=O) groups is 11. The van der Waals surface area contributed by atoms with Crippen LogP contribution in [0.4, 0.5) is 17.1 Å². The van der Waals surface area contributed by atoms with Gasteiger partial charge in [0.1, 0.15) is 47.8 Å².